The summed E-state index contributed by atoms with van der Waals surface area (Å²) in [5.74, 6) is 5.10. The van der Waals surface area contributed by atoms with Gasteiger partial charge in [0, 0.05) is 46.2 Å². The van der Waals surface area contributed by atoms with E-state index < -0.39 is 11.4 Å². The van der Waals surface area contributed by atoms with Crippen LogP contribution in [-0.2, 0) is 17.8 Å². The van der Waals surface area contributed by atoms with Crippen molar-refractivity contribution >= 4 is 57.9 Å². The van der Waals surface area contributed by atoms with Crippen LogP contribution in [-0.4, -0.2) is 39.4 Å². The third kappa shape index (κ3) is 7.14. The summed E-state index contributed by atoms with van der Waals surface area (Å²) in [6, 6.07) is 7.39. The summed E-state index contributed by atoms with van der Waals surface area (Å²) < 4.78 is 26.3. The van der Waals surface area contributed by atoms with Crippen LogP contribution in [0.5, 0.6) is 5.75 Å². The molecule has 0 saturated carbocycles. The van der Waals surface area contributed by atoms with Crippen molar-refractivity contribution in [1.82, 2.24) is 14.3 Å². The van der Waals surface area contributed by atoms with Crippen molar-refractivity contribution in [1.29, 1.82) is 0 Å². The first-order chi connectivity index (χ1) is 19.7. The third-order valence-corrected chi connectivity index (χ3v) is 7.56. The van der Waals surface area contributed by atoms with E-state index in [4.69, 9.17) is 40.8 Å². The largest absolute Gasteiger partial charge is 0.481 e. The SMILES string of the molecule is C#CC(C)(C)NC(=O)c1cc(Cl)cc(Cl)c1.C#CCN1C(=O)COc2cc(F)c(/N=c3\snc4n3CC(C)(C)C4)cc21. The highest BCUT2D eigenvalue weighted by Gasteiger charge is 2.31. The van der Waals surface area contributed by atoms with E-state index in [0.29, 0.717) is 31.8 Å². The summed E-state index contributed by atoms with van der Waals surface area (Å²) in [6.45, 7) is 8.52. The standard InChI is InChI=1S/C18H17FN4O2S.C12H11Cl2NO/c1-4-5-22-13-7-12(11(19)6-14(13)25-9-16(22)24)20-17-23-10-18(2,3)8-15(23)21-26-17;1-4-12(2,3)15-11(16)8-5-9(13)7-10(14)6-8/h1,6-7H,5,8-10H2,2-3H3;1,5-7H,2-3H3,(H,15,16)/b20-17-;. The zero-order valence-corrected chi connectivity index (χ0v) is 25.8. The summed E-state index contributed by atoms with van der Waals surface area (Å²) >= 11 is 12.8. The number of aromatic nitrogens is 2. The van der Waals surface area contributed by atoms with Crippen molar-refractivity contribution in [3.05, 3.63) is 62.4 Å². The van der Waals surface area contributed by atoms with Gasteiger partial charge in [-0.25, -0.2) is 9.38 Å². The summed E-state index contributed by atoms with van der Waals surface area (Å²) in [5, 5.41) is 3.51. The molecule has 0 unspecified atom stereocenters. The summed E-state index contributed by atoms with van der Waals surface area (Å²) in [4.78, 5) is 30.4. The topological polar surface area (TPSA) is 88.8 Å². The Bertz CT molecular complexity index is 1690. The molecule has 2 aliphatic heterocycles. The molecule has 218 valence electrons. The minimum Gasteiger partial charge on any atom is -0.481 e. The van der Waals surface area contributed by atoms with E-state index in [-0.39, 0.29) is 36.1 Å². The number of rotatable bonds is 4. The highest BCUT2D eigenvalue weighted by Crippen LogP contribution is 2.37. The highest BCUT2D eigenvalue weighted by atomic mass is 35.5. The van der Waals surface area contributed by atoms with Gasteiger partial charge in [0.1, 0.15) is 17.3 Å². The van der Waals surface area contributed by atoms with Crippen LogP contribution in [0.1, 0.15) is 43.9 Å². The zero-order valence-electron chi connectivity index (χ0n) is 23.4. The predicted molar refractivity (Wildman–Crippen MR) is 163 cm³/mol. The van der Waals surface area contributed by atoms with Gasteiger partial charge in [-0.1, -0.05) is 48.9 Å². The van der Waals surface area contributed by atoms with Crippen LogP contribution in [0.25, 0.3) is 0 Å². The highest BCUT2D eigenvalue weighted by molar-refractivity contribution is 7.02. The molecule has 0 aliphatic carbocycles. The number of anilines is 1. The van der Waals surface area contributed by atoms with Crippen molar-refractivity contribution in [2.75, 3.05) is 18.1 Å². The Hall–Kier alpha value is -3.83. The predicted octanol–water partition coefficient (Wildman–Crippen LogP) is 5.39. The molecule has 0 radical (unpaired) electrons. The van der Waals surface area contributed by atoms with Gasteiger partial charge in [-0.3, -0.25) is 14.5 Å². The number of hydrogen-bond acceptors (Lipinski definition) is 6. The van der Waals surface area contributed by atoms with E-state index in [1.54, 1.807) is 19.9 Å². The fraction of sp³-hybridized carbons (Fsp3) is 0.333. The van der Waals surface area contributed by atoms with Crippen LogP contribution >= 0.6 is 34.7 Å². The average molecular weight is 629 g/mol. The van der Waals surface area contributed by atoms with Crippen LogP contribution in [0.4, 0.5) is 15.8 Å². The molecule has 12 heteroatoms. The van der Waals surface area contributed by atoms with Gasteiger partial charge in [0.2, 0.25) is 4.80 Å². The second kappa shape index (κ2) is 12.2. The summed E-state index contributed by atoms with van der Waals surface area (Å²) in [6.07, 6.45) is 11.5. The maximum absolute atomic E-state index is 14.5. The number of fused-ring (bicyclic) bond motifs is 2. The van der Waals surface area contributed by atoms with Gasteiger partial charge in [0.05, 0.1) is 17.8 Å². The van der Waals surface area contributed by atoms with Crippen LogP contribution < -0.4 is 19.8 Å². The molecule has 1 N–H and O–H groups in total. The van der Waals surface area contributed by atoms with Crippen LogP contribution in [0.2, 0.25) is 10.0 Å². The van der Waals surface area contributed by atoms with E-state index in [0.717, 1.165) is 18.8 Å². The van der Waals surface area contributed by atoms with E-state index >= 15 is 0 Å². The number of halogens is 3. The third-order valence-electron chi connectivity index (χ3n) is 6.35. The molecular formula is C30H28Cl2FN5O3S. The number of benzene rings is 2. The van der Waals surface area contributed by atoms with Gasteiger partial charge in [-0.15, -0.1) is 12.8 Å². The van der Waals surface area contributed by atoms with Crippen molar-refractivity contribution in [3.8, 4) is 30.4 Å². The van der Waals surface area contributed by atoms with Gasteiger partial charge in [0.25, 0.3) is 11.8 Å². The minimum atomic E-state index is -0.703. The average Bonchev–Trinajstić information content (AvgIpc) is 3.41. The molecule has 0 saturated heterocycles. The maximum Gasteiger partial charge on any atom is 0.265 e. The first-order valence-corrected chi connectivity index (χ1v) is 14.3. The van der Waals surface area contributed by atoms with E-state index in [9.17, 15) is 14.0 Å². The first-order valence-electron chi connectivity index (χ1n) is 12.8. The number of terminal acetylenes is 2. The Labute approximate surface area is 257 Å². The van der Waals surface area contributed by atoms with E-state index in [2.05, 4.69) is 40.4 Å². The molecule has 3 aromatic rings. The monoisotopic (exact) mass is 627 g/mol. The number of amides is 2. The molecule has 3 heterocycles. The molecule has 42 heavy (non-hydrogen) atoms. The number of carbonyl (C=O) groups excluding carboxylic acids is 2. The lowest BCUT2D eigenvalue weighted by atomic mass is 9.92. The molecule has 0 spiro atoms. The Kier molecular flexibility index (Phi) is 9.03. The van der Waals surface area contributed by atoms with Crippen LogP contribution in [0, 0.1) is 35.9 Å². The molecule has 8 nitrogen and oxygen atoms in total. The number of carbonyl (C=O) groups is 2. The smallest absolute Gasteiger partial charge is 0.265 e. The molecule has 2 aromatic carbocycles. The molecule has 1 aromatic heterocycles. The van der Waals surface area contributed by atoms with Gasteiger partial charge in [0.15, 0.2) is 12.4 Å². The first kappa shape index (κ1) is 31.1. The fourth-order valence-electron chi connectivity index (χ4n) is 4.32. The Morgan fingerprint density at radius 1 is 1.24 bits per heavy atom. The Morgan fingerprint density at radius 2 is 1.93 bits per heavy atom. The van der Waals surface area contributed by atoms with Crippen molar-refractivity contribution in [2.24, 2.45) is 10.4 Å². The van der Waals surface area contributed by atoms with E-state index in [1.165, 1.54) is 40.7 Å². The lowest BCUT2D eigenvalue weighted by Crippen LogP contribution is -2.42. The summed E-state index contributed by atoms with van der Waals surface area (Å²) in [5.41, 5.74) is 0.365. The van der Waals surface area contributed by atoms with Crippen molar-refractivity contribution < 1.29 is 18.7 Å². The van der Waals surface area contributed by atoms with E-state index in [1.807, 2.05) is 4.57 Å². The molecule has 0 atom stereocenters. The molecule has 5 rings (SSSR count). The van der Waals surface area contributed by atoms with Crippen LogP contribution in [0.3, 0.4) is 0 Å². The molecule has 0 bridgehead atoms. The summed E-state index contributed by atoms with van der Waals surface area (Å²) in [7, 11) is 0. The molecule has 2 amide bonds. The molecular weight excluding hydrogens is 600 g/mol. The maximum atomic E-state index is 14.5. The molecule has 2 aliphatic rings. The normalized spacial score (nSPS) is 15.4. The van der Waals surface area contributed by atoms with Gasteiger partial charge < -0.3 is 14.6 Å². The Balaban J connectivity index is 0.000000219. The van der Waals surface area contributed by atoms with Crippen LogP contribution in [0.15, 0.2) is 35.3 Å². The number of ether oxygens (including phenoxy) is 1. The van der Waals surface area contributed by atoms with Crippen molar-refractivity contribution in [3.63, 3.8) is 0 Å². The lowest BCUT2D eigenvalue weighted by Gasteiger charge is -2.28. The second-order valence-corrected chi connectivity index (χ2v) is 12.6. The number of nitrogens with zero attached hydrogens (tertiary/aromatic N) is 4. The number of nitrogens with one attached hydrogen (secondary N) is 1. The fourth-order valence-corrected chi connectivity index (χ4v) is 5.61. The number of hydrogen-bond donors (Lipinski definition) is 1. The van der Waals surface area contributed by atoms with Gasteiger partial charge in [-0.05, 0) is 43.5 Å². The lowest BCUT2D eigenvalue weighted by molar-refractivity contribution is -0.121. The van der Waals surface area contributed by atoms with Crippen molar-refractivity contribution in [2.45, 2.75) is 46.2 Å². The van der Waals surface area contributed by atoms with Gasteiger partial charge in [-0.2, -0.15) is 4.37 Å². The Morgan fingerprint density at radius 3 is 2.57 bits per heavy atom. The minimum absolute atomic E-state index is 0.0964. The second-order valence-electron chi connectivity index (χ2n) is 11.0. The quantitative estimate of drug-likeness (QED) is 0.393. The molecule has 0 fully saturated rings. The zero-order chi connectivity index (χ0) is 30.8. The van der Waals surface area contributed by atoms with Gasteiger partial charge >= 0.3 is 0 Å².